The van der Waals surface area contributed by atoms with Crippen LogP contribution in [-0.2, 0) is 10.2 Å². The maximum Gasteiger partial charge on any atom is 0.155 e. The molecule has 3 rings (SSSR count). The number of fused-ring (bicyclic) bond motifs is 2. The van der Waals surface area contributed by atoms with Crippen molar-refractivity contribution in [2.75, 3.05) is 0 Å². The van der Waals surface area contributed by atoms with E-state index in [4.69, 9.17) is 0 Å². The SMILES string of the molecule is C=C(NC1C(C)CC2CCCC1C2)C(C)(C)c1cccc(/C=C/C(=O)CCC)c1. The van der Waals surface area contributed by atoms with Crippen LogP contribution in [0.5, 0.6) is 0 Å². The molecule has 0 spiro atoms. The van der Waals surface area contributed by atoms with E-state index in [1.807, 2.05) is 13.0 Å². The van der Waals surface area contributed by atoms with Crippen molar-refractivity contribution in [1.29, 1.82) is 0 Å². The van der Waals surface area contributed by atoms with E-state index in [1.165, 1.54) is 37.7 Å². The molecule has 2 aliphatic rings. The fraction of sp³-hybridized carbons (Fsp3) is 0.593. The lowest BCUT2D eigenvalue weighted by Gasteiger charge is -2.46. The Hall–Kier alpha value is -1.83. The van der Waals surface area contributed by atoms with Crippen molar-refractivity contribution in [3.63, 3.8) is 0 Å². The molecule has 2 nitrogen and oxygen atoms in total. The normalized spacial score (nSPS) is 27.0. The maximum absolute atomic E-state index is 11.8. The number of carbonyl (C=O) groups excluding carboxylic acids is 1. The lowest BCUT2D eigenvalue weighted by Crippen LogP contribution is -2.49. The number of hydrogen-bond acceptors (Lipinski definition) is 2. The molecule has 4 atom stereocenters. The zero-order valence-electron chi connectivity index (χ0n) is 18.8. The molecule has 2 fully saturated rings. The van der Waals surface area contributed by atoms with Gasteiger partial charge >= 0.3 is 0 Å². The fourth-order valence-electron chi connectivity index (χ4n) is 5.38. The fourth-order valence-corrected chi connectivity index (χ4v) is 5.38. The topological polar surface area (TPSA) is 29.1 Å². The molecule has 0 radical (unpaired) electrons. The average Bonchev–Trinajstić information content (AvgIpc) is 2.70. The number of nitrogens with one attached hydrogen (secondary N) is 1. The number of carbonyl (C=O) groups is 1. The molecule has 1 N–H and O–H groups in total. The Morgan fingerprint density at radius 3 is 2.83 bits per heavy atom. The highest BCUT2D eigenvalue weighted by Gasteiger charge is 2.39. The molecule has 2 aliphatic carbocycles. The number of ketones is 1. The van der Waals surface area contributed by atoms with Gasteiger partial charge in [-0.05, 0) is 60.6 Å². The minimum Gasteiger partial charge on any atom is -0.385 e. The smallest absolute Gasteiger partial charge is 0.155 e. The van der Waals surface area contributed by atoms with E-state index >= 15 is 0 Å². The number of benzene rings is 1. The van der Waals surface area contributed by atoms with Gasteiger partial charge in [0.15, 0.2) is 5.78 Å². The van der Waals surface area contributed by atoms with Crippen molar-refractivity contribution < 1.29 is 4.79 Å². The molecule has 158 valence electrons. The zero-order valence-corrected chi connectivity index (χ0v) is 18.8. The molecule has 2 saturated carbocycles. The van der Waals surface area contributed by atoms with E-state index in [2.05, 4.69) is 56.9 Å². The van der Waals surface area contributed by atoms with Crippen LogP contribution in [0.15, 0.2) is 42.6 Å². The predicted molar refractivity (Wildman–Crippen MR) is 124 cm³/mol. The van der Waals surface area contributed by atoms with Crippen LogP contribution >= 0.6 is 0 Å². The average molecular weight is 394 g/mol. The summed E-state index contributed by atoms with van der Waals surface area (Å²) in [5.74, 6) is 2.65. The zero-order chi connectivity index (χ0) is 21.0. The first kappa shape index (κ1) is 21.9. The van der Waals surface area contributed by atoms with Gasteiger partial charge in [0, 0.05) is 23.6 Å². The van der Waals surface area contributed by atoms with Gasteiger partial charge in [-0.2, -0.15) is 0 Å². The van der Waals surface area contributed by atoms with Crippen molar-refractivity contribution >= 4 is 11.9 Å². The molecule has 0 amide bonds. The van der Waals surface area contributed by atoms with Crippen LogP contribution in [0.25, 0.3) is 6.08 Å². The summed E-state index contributed by atoms with van der Waals surface area (Å²) < 4.78 is 0. The van der Waals surface area contributed by atoms with Crippen LogP contribution in [0.1, 0.15) is 83.8 Å². The van der Waals surface area contributed by atoms with Crippen LogP contribution in [-0.4, -0.2) is 11.8 Å². The summed E-state index contributed by atoms with van der Waals surface area (Å²) in [5, 5.41) is 3.88. The summed E-state index contributed by atoms with van der Waals surface area (Å²) >= 11 is 0. The van der Waals surface area contributed by atoms with Crippen molar-refractivity contribution in [2.45, 2.75) is 84.1 Å². The largest absolute Gasteiger partial charge is 0.385 e. The van der Waals surface area contributed by atoms with Gasteiger partial charge in [-0.3, -0.25) is 4.79 Å². The third kappa shape index (κ3) is 5.21. The quantitative estimate of drug-likeness (QED) is 0.500. The highest BCUT2D eigenvalue weighted by atomic mass is 16.1. The van der Waals surface area contributed by atoms with E-state index < -0.39 is 0 Å². The minimum atomic E-state index is -0.164. The summed E-state index contributed by atoms with van der Waals surface area (Å²) in [4.78, 5) is 11.8. The van der Waals surface area contributed by atoms with Gasteiger partial charge in [0.05, 0.1) is 0 Å². The van der Waals surface area contributed by atoms with Gasteiger partial charge < -0.3 is 5.32 Å². The second kappa shape index (κ2) is 9.32. The third-order valence-electron chi connectivity index (χ3n) is 7.31. The summed E-state index contributed by atoms with van der Waals surface area (Å²) in [5.41, 5.74) is 3.27. The van der Waals surface area contributed by atoms with E-state index in [9.17, 15) is 4.79 Å². The molecule has 0 saturated heterocycles. The Morgan fingerprint density at radius 1 is 1.28 bits per heavy atom. The lowest BCUT2D eigenvalue weighted by atomic mass is 9.65. The number of allylic oxidation sites excluding steroid dienone is 2. The highest BCUT2D eigenvalue weighted by Crippen LogP contribution is 2.43. The van der Waals surface area contributed by atoms with Crippen LogP contribution in [0.4, 0.5) is 0 Å². The van der Waals surface area contributed by atoms with Gasteiger partial charge in [-0.15, -0.1) is 0 Å². The number of hydrogen-bond donors (Lipinski definition) is 1. The van der Waals surface area contributed by atoms with Crippen LogP contribution in [0, 0.1) is 17.8 Å². The summed E-state index contributed by atoms with van der Waals surface area (Å²) in [6, 6.07) is 9.08. The highest BCUT2D eigenvalue weighted by molar-refractivity contribution is 5.93. The van der Waals surface area contributed by atoms with Crippen molar-refractivity contribution in [3.8, 4) is 0 Å². The first-order valence-electron chi connectivity index (χ1n) is 11.6. The lowest BCUT2D eigenvalue weighted by molar-refractivity contribution is -0.114. The molecule has 2 bridgehead atoms. The Morgan fingerprint density at radius 2 is 2.07 bits per heavy atom. The predicted octanol–water partition coefficient (Wildman–Crippen LogP) is 6.66. The van der Waals surface area contributed by atoms with Gasteiger partial charge in [0.1, 0.15) is 0 Å². The minimum absolute atomic E-state index is 0.164. The second-order valence-electron chi connectivity index (χ2n) is 9.95. The summed E-state index contributed by atoms with van der Waals surface area (Å²) in [6.45, 7) is 13.4. The molecule has 0 aliphatic heterocycles. The van der Waals surface area contributed by atoms with Gasteiger partial charge in [0.2, 0.25) is 0 Å². The Bertz CT molecular complexity index is 758. The van der Waals surface area contributed by atoms with Crippen molar-refractivity contribution in [2.24, 2.45) is 17.8 Å². The summed E-state index contributed by atoms with van der Waals surface area (Å²) in [6.07, 6.45) is 12.1. The molecular formula is C27H39NO. The Balaban J connectivity index is 1.71. The molecule has 0 heterocycles. The van der Waals surface area contributed by atoms with Crippen molar-refractivity contribution in [1.82, 2.24) is 5.32 Å². The monoisotopic (exact) mass is 393 g/mol. The van der Waals surface area contributed by atoms with E-state index in [0.29, 0.717) is 18.4 Å². The first-order chi connectivity index (χ1) is 13.8. The van der Waals surface area contributed by atoms with E-state index in [1.54, 1.807) is 6.08 Å². The Labute approximate surface area is 177 Å². The first-order valence-corrected chi connectivity index (χ1v) is 11.6. The van der Waals surface area contributed by atoms with Crippen LogP contribution < -0.4 is 5.32 Å². The second-order valence-corrected chi connectivity index (χ2v) is 9.95. The van der Waals surface area contributed by atoms with Gasteiger partial charge in [-0.25, -0.2) is 0 Å². The molecule has 2 heteroatoms. The molecule has 4 unspecified atom stereocenters. The molecule has 0 aromatic heterocycles. The van der Waals surface area contributed by atoms with Gasteiger partial charge in [0.25, 0.3) is 0 Å². The molecule has 29 heavy (non-hydrogen) atoms. The Kier molecular flexibility index (Phi) is 7.03. The standard InChI is InChI=1S/C27H39NO/c1-6-9-25(29)15-14-21-10-8-13-24(18-21)27(4,5)20(3)28-26-19(2)16-22-11-7-12-23(26)17-22/h8,10,13-15,18-19,22-23,26,28H,3,6-7,9,11-12,16-17H2,1-2,4-5H3/b15-14+. The summed E-state index contributed by atoms with van der Waals surface area (Å²) in [7, 11) is 0. The molecule has 1 aromatic rings. The maximum atomic E-state index is 11.8. The molecule has 1 aromatic carbocycles. The van der Waals surface area contributed by atoms with Gasteiger partial charge in [-0.1, -0.05) is 77.5 Å². The third-order valence-corrected chi connectivity index (χ3v) is 7.31. The van der Waals surface area contributed by atoms with Crippen molar-refractivity contribution in [3.05, 3.63) is 53.7 Å². The molecular weight excluding hydrogens is 354 g/mol. The van der Waals surface area contributed by atoms with E-state index in [-0.39, 0.29) is 11.2 Å². The number of rotatable bonds is 8. The van der Waals surface area contributed by atoms with Crippen LogP contribution in [0.3, 0.4) is 0 Å². The van der Waals surface area contributed by atoms with E-state index in [0.717, 1.165) is 29.5 Å². The van der Waals surface area contributed by atoms with Crippen LogP contribution in [0.2, 0.25) is 0 Å².